The summed E-state index contributed by atoms with van der Waals surface area (Å²) in [6.07, 6.45) is -0.130. The lowest BCUT2D eigenvalue weighted by atomic mass is 9.98. The number of hydrogen-bond donors (Lipinski definition) is 2. The van der Waals surface area contributed by atoms with Gasteiger partial charge in [0.15, 0.2) is 0 Å². The van der Waals surface area contributed by atoms with Crippen LogP contribution in [0.25, 0.3) is 0 Å². The van der Waals surface area contributed by atoms with Crippen molar-refractivity contribution >= 4 is 0 Å². The average Bonchev–Trinajstić information content (AvgIpc) is 2.19. The Hall–Kier alpha value is -0.120. The molecule has 52 valence electrons. The number of fused-ring (bicyclic) bond motifs is 2. The molecule has 0 radical (unpaired) electrons. The van der Waals surface area contributed by atoms with E-state index in [0.29, 0.717) is 5.92 Å². The number of aliphatic hydroxyl groups is 1. The minimum absolute atomic E-state index is 0.0729. The summed E-state index contributed by atoms with van der Waals surface area (Å²) in [6, 6.07) is 0. The third-order valence-electron chi connectivity index (χ3n) is 2.14. The molecule has 2 bridgehead atoms. The molecule has 0 aliphatic carbocycles. The molecule has 0 saturated carbocycles. The predicted molar refractivity (Wildman–Crippen MR) is 32.1 cm³/mol. The smallest absolute Gasteiger partial charge is 0.0962 e. The second kappa shape index (κ2) is 1.94. The van der Waals surface area contributed by atoms with E-state index in [1.807, 2.05) is 0 Å². The van der Waals surface area contributed by atoms with Crippen LogP contribution in [-0.4, -0.2) is 37.0 Å². The van der Waals surface area contributed by atoms with Gasteiger partial charge in [0.25, 0.3) is 0 Å². The zero-order valence-electron chi connectivity index (χ0n) is 5.21. The van der Waals surface area contributed by atoms with Crippen molar-refractivity contribution in [2.24, 2.45) is 5.92 Å². The largest absolute Gasteiger partial charge is 0.390 e. The molecule has 0 amide bonds. The van der Waals surface area contributed by atoms with E-state index in [-0.39, 0.29) is 12.2 Å². The van der Waals surface area contributed by atoms with Gasteiger partial charge < -0.3 is 15.2 Å². The van der Waals surface area contributed by atoms with Gasteiger partial charge in [-0.3, -0.25) is 0 Å². The highest BCUT2D eigenvalue weighted by Crippen LogP contribution is 2.22. The van der Waals surface area contributed by atoms with Gasteiger partial charge in [0.05, 0.1) is 18.8 Å². The fraction of sp³-hybridized carbons (Fsp3) is 1.00. The van der Waals surface area contributed by atoms with E-state index < -0.39 is 0 Å². The lowest BCUT2D eigenvalue weighted by Crippen LogP contribution is -2.45. The highest BCUT2D eigenvalue weighted by molar-refractivity contribution is 4.90. The van der Waals surface area contributed by atoms with Crippen molar-refractivity contribution in [2.45, 2.75) is 12.2 Å². The molecule has 3 nitrogen and oxygen atoms in total. The molecule has 2 N–H and O–H groups in total. The molecule has 2 rings (SSSR count). The fourth-order valence-electron chi connectivity index (χ4n) is 1.52. The molecule has 2 fully saturated rings. The van der Waals surface area contributed by atoms with Crippen LogP contribution >= 0.6 is 0 Å². The zero-order chi connectivity index (χ0) is 6.27. The lowest BCUT2D eigenvalue weighted by molar-refractivity contribution is 0.0298. The summed E-state index contributed by atoms with van der Waals surface area (Å²) in [7, 11) is 0. The van der Waals surface area contributed by atoms with Crippen molar-refractivity contribution in [2.75, 3.05) is 19.7 Å². The van der Waals surface area contributed by atoms with Gasteiger partial charge in [0.2, 0.25) is 0 Å². The van der Waals surface area contributed by atoms with Crippen molar-refractivity contribution in [1.82, 2.24) is 5.32 Å². The Balaban J connectivity index is 2.10. The first-order valence-electron chi connectivity index (χ1n) is 3.38. The van der Waals surface area contributed by atoms with E-state index in [9.17, 15) is 5.11 Å². The Labute approximate surface area is 54.0 Å². The Kier molecular flexibility index (Phi) is 1.22. The standard InChI is InChI=1S/C6H11NO2/c8-6-4-1-7-2-5(6)9-3-4/h4-8H,1-3H2/t4-,5+,6+/m0/s1. The summed E-state index contributed by atoms with van der Waals surface area (Å²) in [5.41, 5.74) is 0. The van der Waals surface area contributed by atoms with Crippen LogP contribution in [0.5, 0.6) is 0 Å². The molecule has 2 aliphatic heterocycles. The molecule has 0 spiro atoms. The van der Waals surface area contributed by atoms with E-state index in [2.05, 4.69) is 5.32 Å². The zero-order valence-corrected chi connectivity index (χ0v) is 5.21. The summed E-state index contributed by atoms with van der Waals surface area (Å²) in [6.45, 7) is 2.47. The third-order valence-corrected chi connectivity index (χ3v) is 2.14. The maximum Gasteiger partial charge on any atom is 0.0962 e. The van der Waals surface area contributed by atoms with Gasteiger partial charge in [-0.25, -0.2) is 0 Å². The minimum atomic E-state index is -0.203. The Morgan fingerprint density at radius 3 is 3.00 bits per heavy atom. The van der Waals surface area contributed by atoms with E-state index in [4.69, 9.17) is 4.74 Å². The van der Waals surface area contributed by atoms with Crippen LogP contribution in [0.3, 0.4) is 0 Å². The van der Waals surface area contributed by atoms with Gasteiger partial charge >= 0.3 is 0 Å². The number of aliphatic hydroxyl groups excluding tert-OH is 1. The number of nitrogens with one attached hydrogen (secondary N) is 1. The van der Waals surface area contributed by atoms with Crippen LogP contribution in [0, 0.1) is 5.92 Å². The average molecular weight is 129 g/mol. The fourth-order valence-corrected chi connectivity index (χ4v) is 1.52. The van der Waals surface area contributed by atoms with Gasteiger partial charge in [-0.1, -0.05) is 0 Å². The summed E-state index contributed by atoms with van der Waals surface area (Å²) >= 11 is 0. The number of hydrogen-bond acceptors (Lipinski definition) is 3. The first-order valence-corrected chi connectivity index (χ1v) is 3.38. The predicted octanol–water partition coefficient (Wildman–Crippen LogP) is -1.03. The topological polar surface area (TPSA) is 41.5 Å². The second-order valence-corrected chi connectivity index (χ2v) is 2.78. The molecule has 2 aliphatic rings. The quantitative estimate of drug-likeness (QED) is 0.439. The summed E-state index contributed by atoms with van der Waals surface area (Å²) in [5, 5.41) is 12.5. The van der Waals surface area contributed by atoms with Crippen LogP contribution < -0.4 is 5.32 Å². The van der Waals surface area contributed by atoms with Gasteiger partial charge in [0.1, 0.15) is 0 Å². The van der Waals surface area contributed by atoms with Crippen molar-refractivity contribution in [3.05, 3.63) is 0 Å². The molecule has 3 heteroatoms. The van der Waals surface area contributed by atoms with Crippen molar-refractivity contribution in [3.63, 3.8) is 0 Å². The lowest BCUT2D eigenvalue weighted by Gasteiger charge is -2.23. The SMILES string of the molecule is O[C@@H]1[C@H]2CNC[C@H]1OC2. The molecule has 0 aromatic heterocycles. The minimum Gasteiger partial charge on any atom is -0.390 e. The summed E-state index contributed by atoms with van der Waals surface area (Å²) < 4.78 is 5.28. The summed E-state index contributed by atoms with van der Waals surface area (Å²) in [5.74, 6) is 0.351. The van der Waals surface area contributed by atoms with Crippen molar-refractivity contribution in [1.29, 1.82) is 0 Å². The molecule has 2 heterocycles. The van der Waals surface area contributed by atoms with Gasteiger partial charge in [-0.15, -0.1) is 0 Å². The normalized spacial score (nSPS) is 49.7. The van der Waals surface area contributed by atoms with Gasteiger partial charge in [-0.05, 0) is 0 Å². The molecular formula is C6H11NO2. The molecule has 3 atom stereocenters. The number of ether oxygens (including phenoxy) is 1. The first kappa shape index (κ1) is 5.65. The van der Waals surface area contributed by atoms with E-state index >= 15 is 0 Å². The second-order valence-electron chi connectivity index (χ2n) is 2.78. The van der Waals surface area contributed by atoms with E-state index in [1.165, 1.54) is 0 Å². The van der Waals surface area contributed by atoms with Gasteiger partial charge in [0, 0.05) is 19.0 Å². The molecule has 0 aromatic carbocycles. The van der Waals surface area contributed by atoms with Crippen LogP contribution in [-0.2, 0) is 4.74 Å². The monoisotopic (exact) mass is 129 g/mol. The summed E-state index contributed by atoms with van der Waals surface area (Å²) in [4.78, 5) is 0. The van der Waals surface area contributed by atoms with E-state index in [1.54, 1.807) is 0 Å². The highest BCUT2D eigenvalue weighted by Gasteiger charge is 2.38. The first-order chi connectivity index (χ1) is 4.38. The highest BCUT2D eigenvalue weighted by atomic mass is 16.5. The van der Waals surface area contributed by atoms with Crippen molar-refractivity contribution < 1.29 is 9.84 Å². The third kappa shape index (κ3) is 0.764. The molecule has 0 aromatic rings. The maximum atomic E-state index is 9.34. The van der Waals surface area contributed by atoms with Crippen LogP contribution in [0.4, 0.5) is 0 Å². The Morgan fingerprint density at radius 1 is 1.44 bits per heavy atom. The maximum absolute atomic E-state index is 9.34. The van der Waals surface area contributed by atoms with Gasteiger partial charge in [-0.2, -0.15) is 0 Å². The number of rotatable bonds is 0. The molecule has 9 heavy (non-hydrogen) atoms. The van der Waals surface area contributed by atoms with Crippen molar-refractivity contribution in [3.8, 4) is 0 Å². The van der Waals surface area contributed by atoms with E-state index in [0.717, 1.165) is 19.7 Å². The Bertz CT molecular complexity index is 102. The van der Waals surface area contributed by atoms with Crippen LogP contribution in [0.2, 0.25) is 0 Å². The molecule has 2 saturated heterocycles. The molecule has 0 unspecified atom stereocenters. The molecular weight excluding hydrogens is 118 g/mol. The Morgan fingerprint density at radius 2 is 2.33 bits per heavy atom. The van der Waals surface area contributed by atoms with Crippen LogP contribution in [0.1, 0.15) is 0 Å². The number of piperidine rings is 1. The van der Waals surface area contributed by atoms with Crippen LogP contribution in [0.15, 0.2) is 0 Å².